The second-order valence-corrected chi connectivity index (χ2v) is 5.62. The van der Waals surface area contributed by atoms with Crippen LogP contribution in [0.15, 0.2) is 30.3 Å². The van der Waals surface area contributed by atoms with Gasteiger partial charge in [-0.3, -0.25) is 13.8 Å². The van der Waals surface area contributed by atoms with Crippen molar-refractivity contribution >= 4 is 22.7 Å². The summed E-state index contributed by atoms with van der Waals surface area (Å²) in [6.07, 6.45) is 0.311. The monoisotopic (exact) mass is 283 g/mol. The van der Waals surface area contributed by atoms with Crippen molar-refractivity contribution in [3.05, 3.63) is 35.9 Å². The predicted molar refractivity (Wildman–Crippen MR) is 73.0 cm³/mol. The Balaban J connectivity index is 2.20. The number of carboxylic acid groups (broad SMARTS) is 1. The highest BCUT2D eigenvalue weighted by Crippen LogP contribution is 1.98. The van der Waals surface area contributed by atoms with Crippen molar-refractivity contribution in [1.29, 1.82) is 0 Å². The number of hydrogen-bond acceptors (Lipinski definition) is 3. The van der Waals surface area contributed by atoms with Crippen LogP contribution in [0.25, 0.3) is 0 Å². The van der Waals surface area contributed by atoms with Crippen LogP contribution < -0.4 is 5.32 Å². The summed E-state index contributed by atoms with van der Waals surface area (Å²) in [5.41, 5.74) is 0.979. The van der Waals surface area contributed by atoms with Gasteiger partial charge in [0.05, 0.1) is 0 Å². The quantitative estimate of drug-likeness (QED) is 0.743. The first-order valence-corrected chi connectivity index (χ1v) is 7.44. The van der Waals surface area contributed by atoms with Crippen LogP contribution in [0, 0.1) is 0 Å². The lowest BCUT2D eigenvalue weighted by Crippen LogP contribution is -2.28. The fourth-order valence-electron chi connectivity index (χ4n) is 1.45. The normalized spacial score (nSPS) is 11.8. The lowest BCUT2D eigenvalue weighted by atomic mass is 10.2. The van der Waals surface area contributed by atoms with Gasteiger partial charge >= 0.3 is 5.97 Å². The summed E-state index contributed by atoms with van der Waals surface area (Å²) in [6, 6.07) is 9.44. The first-order valence-electron chi connectivity index (χ1n) is 5.95. The van der Waals surface area contributed by atoms with Gasteiger partial charge in [0, 0.05) is 29.5 Å². The van der Waals surface area contributed by atoms with Gasteiger partial charge in [-0.25, -0.2) is 0 Å². The second-order valence-electron chi connectivity index (χ2n) is 4.05. The zero-order valence-electron chi connectivity index (χ0n) is 10.5. The molecule has 1 aromatic carbocycles. The van der Waals surface area contributed by atoms with Crippen molar-refractivity contribution in [3.63, 3.8) is 0 Å². The van der Waals surface area contributed by atoms with E-state index in [0.29, 0.717) is 13.0 Å². The number of carbonyl (C=O) groups excluding carboxylic acids is 1. The molecule has 0 saturated carbocycles. The van der Waals surface area contributed by atoms with Gasteiger partial charge in [-0.15, -0.1) is 0 Å². The number of carboxylic acids is 1. The molecule has 0 aliphatic heterocycles. The van der Waals surface area contributed by atoms with Crippen molar-refractivity contribution in [3.8, 4) is 0 Å². The lowest BCUT2D eigenvalue weighted by molar-refractivity contribution is -0.137. The van der Waals surface area contributed by atoms with Gasteiger partial charge in [0.1, 0.15) is 5.75 Å². The highest BCUT2D eigenvalue weighted by atomic mass is 32.2. The van der Waals surface area contributed by atoms with E-state index in [-0.39, 0.29) is 23.8 Å². The maximum absolute atomic E-state index is 11.5. The molecule has 0 radical (unpaired) electrons. The fraction of sp³-hybridized carbons (Fsp3) is 0.385. The van der Waals surface area contributed by atoms with E-state index in [2.05, 4.69) is 5.32 Å². The third kappa shape index (κ3) is 7.35. The van der Waals surface area contributed by atoms with Gasteiger partial charge in [0.15, 0.2) is 0 Å². The Morgan fingerprint density at radius 2 is 1.89 bits per heavy atom. The van der Waals surface area contributed by atoms with Gasteiger partial charge in [-0.2, -0.15) is 0 Å². The number of nitrogens with one attached hydrogen (secondary N) is 1. The molecule has 1 rings (SSSR count). The van der Waals surface area contributed by atoms with Crippen molar-refractivity contribution in [1.82, 2.24) is 5.32 Å². The molecule has 2 N–H and O–H groups in total. The third-order valence-electron chi connectivity index (χ3n) is 2.39. The average molecular weight is 283 g/mol. The van der Waals surface area contributed by atoms with Gasteiger partial charge in [-0.1, -0.05) is 30.3 Å². The van der Waals surface area contributed by atoms with Gasteiger partial charge in [-0.05, 0) is 12.0 Å². The number of rotatable bonds is 8. The molecule has 1 unspecified atom stereocenters. The van der Waals surface area contributed by atoms with Crippen LogP contribution in [0.3, 0.4) is 0 Å². The minimum atomic E-state index is -1.30. The molecule has 0 spiro atoms. The average Bonchev–Trinajstić information content (AvgIpc) is 2.37. The molecule has 0 aliphatic rings. The molecule has 0 aliphatic carbocycles. The minimum absolute atomic E-state index is 0.0165. The zero-order chi connectivity index (χ0) is 14.1. The van der Waals surface area contributed by atoms with Crippen LogP contribution in [0.4, 0.5) is 0 Å². The van der Waals surface area contributed by atoms with Crippen molar-refractivity contribution in [2.45, 2.75) is 19.4 Å². The standard InChI is InChI=1S/C13H17NO4S/c15-12(10-19(18)8-4-7-13(16)17)14-9-11-5-2-1-3-6-11/h1-3,5-6H,4,7-10H2,(H,14,15)(H,16,17). The molecule has 0 heterocycles. The van der Waals surface area contributed by atoms with E-state index in [9.17, 15) is 13.8 Å². The molecule has 19 heavy (non-hydrogen) atoms. The SMILES string of the molecule is O=C(O)CCCS(=O)CC(=O)NCc1ccccc1. The van der Waals surface area contributed by atoms with E-state index in [1.54, 1.807) is 0 Å². The summed E-state index contributed by atoms with van der Waals surface area (Å²) >= 11 is 0. The van der Waals surface area contributed by atoms with E-state index < -0.39 is 16.8 Å². The molecule has 0 fully saturated rings. The van der Waals surface area contributed by atoms with Crippen LogP contribution in [0.1, 0.15) is 18.4 Å². The van der Waals surface area contributed by atoms with Crippen LogP contribution in [0.5, 0.6) is 0 Å². The van der Waals surface area contributed by atoms with Gasteiger partial charge in [0.2, 0.25) is 5.91 Å². The Morgan fingerprint density at radius 1 is 1.21 bits per heavy atom. The number of carbonyl (C=O) groups is 2. The third-order valence-corrected chi connectivity index (χ3v) is 3.72. The Kier molecular flexibility index (Phi) is 6.81. The molecule has 1 aromatic rings. The van der Waals surface area contributed by atoms with E-state index in [1.807, 2.05) is 30.3 Å². The van der Waals surface area contributed by atoms with Crippen LogP contribution in [-0.4, -0.2) is 32.7 Å². The Hall–Kier alpha value is -1.69. The molecule has 6 heteroatoms. The molecule has 104 valence electrons. The Labute approximate surface area is 114 Å². The van der Waals surface area contributed by atoms with Crippen LogP contribution in [-0.2, 0) is 26.9 Å². The maximum atomic E-state index is 11.5. The molecular formula is C13H17NO4S. The first-order chi connectivity index (χ1) is 9.08. The fourth-order valence-corrected chi connectivity index (χ4v) is 2.46. The van der Waals surface area contributed by atoms with Crippen molar-refractivity contribution in [2.24, 2.45) is 0 Å². The Bertz CT molecular complexity index is 447. The number of amides is 1. The van der Waals surface area contributed by atoms with Crippen molar-refractivity contribution < 1.29 is 18.9 Å². The summed E-state index contributed by atoms with van der Waals surface area (Å²) in [5, 5.41) is 11.1. The highest BCUT2D eigenvalue weighted by molar-refractivity contribution is 7.85. The topological polar surface area (TPSA) is 83.5 Å². The molecule has 1 atom stereocenters. The van der Waals surface area contributed by atoms with Crippen LogP contribution >= 0.6 is 0 Å². The zero-order valence-corrected chi connectivity index (χ0v) is 11.3. The lowest BCUT2D eigenvalue weighted by Gasteiger charge is -2.05. The summed E-state index contributed by atoms with van der Waals surface area (Å²) in [4.78, 5) is 21.8. The second kappa shape index (κ2) is 8.42. The summed E-state index contributed by atoms with van der Waals surface area (Å²) in [6.45, 7) is 0.409. The first kappa shape index (κ1) is 15.4. The summed E-state index contributed by atoms with van der Waals surface area (Å²) in [7, 11) is -1.30. The van der Waals surface area contributed by atoms with Gasteiger partial charge in [0.25, 0.3) is 0 Å². The van der Waals surface area contributed by atoms with E-state index in [0.717, 1.165) is 5.56 Å². The molecule has 0 saturated heterocycles. The smallest absolute Gasteiger partial charge is 0.303 e. The van der Waals surface area contributed by atoms with Gasteiger partial charge < -0.3 is 10.4 Å². The van der Waals surface area contributed by atoms with E-state index in [1.165, 1.54) is 0 Å². The largest absolute Gasteiger partial charge is 0.481 e. The number of hydrogen-bond donors (Lipinski definition) is 2. The Morgan fingerprint density at radius 3 is 2.53 bits per heavy atom. The predicted octanol–water partition coefficient (Wildman–Crippen LogP) is 0.916. The highest BCUT2D eigenvalue weighted by Gasteiger charge is 2.08. The maximum Gasteiger partial charge on any atom is 0.303 e. The minimum Gasteiger partial charge on any atom is -0.481 e. The van der Waals surface area contributed by atoms with Crippen molar-refractivity contribution in [2.75, 3.05) is 11.5 Å². The van der Waals surface area contributed by atoms with E-state index >= 15 is 0 Å². The molecule has 1 amide bonds. The van der Waals surface area contributed by atoms with E-state index in [4.69, 9.17) is 5.11 Å². The molecule has 0 aromatic heterocycles. The molecule has 0 bridgehead atoms. The molecule has 5 nitrogen and oxygen atoms in total. The number of aliphatic carboxylic acids is 1. The summed E-state index contributed by atoms with van der Waals surface area (Å²) in [5.74, 6) is -1.03. The summed E-state index contributed by atoms with van der Waals surface area (Å²) < 4.78 is 11.5. The molecular weight excluding hydrogens is 266 g/mol. The number of benzene rings is 1. The van der Waals surface area contributed by atoms with Crippen LogP contribution in [0.2, 0.25) is 0 Å².